The average Bonchev–Trinajstić information content (AvgIpc) is 2.37. The Hall–Kier alpha value is -1.05. The van der Waals surface area contributed by atoms with Gasteiger partial charge in [0.2, 0.25) is 0 Å². The first-order chi connectivity index (χ1) is 9.63. The van der Waals surface area contributed by atoms with E-state index in [-0.39, 0.29) is 35.9 Å². The quantitative estimate of drug-likeness (QED) is 0.433. The van der Waals surface area contributed by atoms with Crippen molar-refractivity contribution in [2.45, 2.75) is 32.3 Å². The molecule has 1 saturated carbocycles. The highest BCUT2D eigenvalue weighted by molar-refractivity contribution is 14.0. The Labute approximate surface area is 142 Å². The largest absolute Gasteiger partial charge is 0.489 e. The molecule has 0 radical (unpaired) electrons. The van der Waals surface area contributed by atoms with Gasteiger partial charge >= 0.3 is 0 Å². The van der Waals surface area contributed by atoms with E-state index in [1.165, 1.54) is 31.4 Å². The van der Waals surface area contributed by atoms with Crippen LogP contribution in [-0.2, 0) is 0 Å². The zero-order chi connectivity index (χ0) is 14.4. The highest BCUT2D eigenvalue weighted by atomic mass is 127. The molecule has 0 aromatic heterocycles. The number of halogens is 2. The van der Waals surface area contributed by atoms with Crippen LogP contribution in [0.2, 0.25) is 0 Å². The molecule has 4 nitrogen and oxygen atoms in total. The van der Waals surface area contributed by atoms with E-state index in [0.717, 1.165) is 12.5 Å². The molecular formula is C15H23FIN3O. The van der Waals surface area contributed by atoms with Crippen molar-refractivity contribution in [1.82, 2.24) is 5.32 Å². The summed E-state index contributed by atoms with van der Waals surface area (Å²) in [5, 5.41) is 3.13. The van der Waals surface area contributed by atoms with Crippen LogP contribution in [0.3, 0.4) is 0 Å². The van der Waals surface area contributed by atoms with Crippen LogP contribution in [0.25, 0.3) is 0 Å². The van der Waals surface area contributed by atoms with E-state index in [4.69, 9.17) is 10.5 Å². The van der Waals surface area contributed by atoms with Gasteiger partial charge in [0.25, 0.3) is 0 Å². The Morgan fingerprint density at radius 2 is 2.10 bits per heavy atom. The first-order valence-corrected chi connectivity index (χ1v) is 7.09. The van der Waals surface area contributed by atoms with Crippen molar-refractivity contribution in [3.8, 4) is 5.75 Å². The molecule has 21 heavy (non-hydrogen) atoms. The fraction of sp³-hybridized carbons (Fsp3) is 0.533. The van der Waals surface area contributed by atoms with E-state index in [0.29, 0.717) is 18.3 Å². The van der Waals surface area contributed by atoms with Crippen molar-refractivity contribution in [2.75, 3.05) is 13.1 Å². The number of nitrogens with one attached hydrogen (secondary N) is 1. The van der Waals surface area contributed by atoms with Gasteiger partial charge in [0.1, 0.15) is 17.7 Å². The second kappa shape index (κ2) is 9.07. The molecular weight excluding hydrogens is 384 g/mol. The molecule has 0 bridgehead atoms. The molecule has 1 aliphatic carbocycles. The van der Waals surface area contributed by atoms with Crippen LogP contribution in [0, 0.1) is 11.7 Å². The molecule has 1 aromatic carbocycles. The molecule has 2 rings (SSSR count). The lowest BCUT2D eigenvalue weighted by molar-refractivity contribution is 0.230. The van der Waals surface area contributed by atoms with Gasteiger partial charge in [-0.1, -0.05) is 6.42 Å². The third-order valence-electron chi connectivity index (χ3n) is 3.47. The summed E-state index contributed by atoms with van der Waals surface area (Å²) < 4.78 is 18.4. The monoisotopic (exact) mass is 407 g/mol. The van der Waals surface area contributed by atoms with E-state index in [2.05, 4.69) is 10.3 Å². The Morgan fingerprint density at radius 1 is 1.43 bits per heavy atom. The van der Waals surface area contributed by atoms with E-state index in [1.54, 1.807) is 12.1 Å². The second-order valence-corrected chi connectivity index (χ2v) is 5.29. The van der Waals surface area contributed by atoms with Gasteiger partial charge in [-0.2, -0.15) is 0 Å². The smallest absolute Gasteiger partial charge is 0.188 e. The van der Waals surface area contributed by atoms with Gasteiger partial charge in [-0.3, -0.25) is 0 Å². The summed E-state index contributed by atoms with van der Waals surface area (Å²) in [7, 11) is 0. The lowest BCUT2D eigenvalue weighted by Gasteiger charge is -2.25. The molecule has 6 heteroatoms. The topological polar surface area (TPSA) is 59.6 Å². The van der Waals surface area contributed by atoms with E-state index in [9.17, 15) is 4.39 Å². The maximum atomic E-state index is 12.8. The molecule has 118 valence electrons. The number of guanidine groups is 1. The fourth-order valence-corrected chi connectivity index (χ4v) is 2.01. The van der Waals surface area contributed by atoms with Crippen LogP contribution in [0.15, 0.2) is 29.3 Å². The molecule has 1 unspecified atom stereocenters. The minimum atomic E-state index is -0.271. The number of hydrogen-bond donors (Lipinski definition) is 2. The Kier molecular flexibility index (Phi) is 7.77. The first kappa shape index (κ1) is 18.0. The predicted octanol–water partition coefficient (Wildman–Crippen LogP) is 2.92. The van der Waals surface area contributed by atoms with Crippen molar-refractivity contribution in [2.24, 2.45) is 16.6 Å². The molecule has 1 aliphatic rings. The van der Waals surface area contributed by atoms with Crippen molar-refractivity contribution >= 4 is 29.9 Å². The lowest BCUT2D eigenvalue weighted by Crippen LogP contribution is -2.37. The summed E-state index contributed by atoms with van der Waals surface area (Å²) in [6.07, 6.45) is 3.78. The maximum Gasteiger partial charge on any atom is 0.188 e. The zero-order valence-corrected chi connectivity index (χ0v) is 14.5. The summed E-state index contributed by atoms with van der Waals surface area (Å²) >= 11 is 0. The number of hydrogen-bond acceptors (Lipinski definition) is 2. The van der Waals surface area contributed by atoms with E-state index >= 15 is 0 Å². The molecule has 0 aliphatic heterocycles. The summed E-state index contributed by atoms with van der Waals surface area (Å²) in [6, 6.07) is 5.96. The van der Waals surface area contributed by atoms with Gasteiger partial charge in [-0.05, 0) is 49.9 Å². The molecule has 1 fully saturated rings. The normalized spacial score (nSPS) is 16.6. The third-order valence-corrected chi connectivity index (χ3v) is 3.47. The van der Waals surface area contributed by atoms with Crippen molar-refractivity contribution < 1.29 is 9.13 Å². The first-order valence-electron chi connectivity index (χ1n) is 7.09. The minimum absolute atomic E-state index is 0. The van der Waals surface area contributed by atoms with Gasteiger partial charge < -0.3 is 15.8 Å². The van der Waals surface area contributed by atoms with Crippen LogP contribution in [-0.4, -0.2) is 25.2 Å². The molecule has 1 atom stereocenters. The van der Waals surface area contributed by atoms with Crippen LogP contribution < -0.4 is 15.8 Å². The van der Waals surface area contributed by atoms with Crippen LogP contribution >= 0.6 is 24.0 Å². The molecule has 0 saturated heterocycles. The maximum absolute atomic E-state index is 12.8. The highest BCUT2D eigenvalue weighted by Crippen LogP contribution is 2.24. The Balaban J connectivity index is 0.00000220. The summed E-state index contributed by atoms with van der Waals surface area (Å²) in [6.45, 7) is 3.29. The van der Waals surface area contributed by atoms with Gasteiger partial charge in [0.15, 0.2) is 5.96 Å². The van der Waals surface area contributed by atoms with Gasteiger partial charge in [0.05, 0.1) is 6.54 Å². The Morgan fingerprint density at radius 3 is 2.67 bits per heavy atom. The van der Waals surface area contributed by atoms with Crippen molar-refractivity contribution in [3.63, 3.8) is 0 Å². The zero-order valence-electron chi connectivity index (χ0n) is 12.2. The number of nitrogens with zero attached hydrogens (tertiary/aromatic N) is 1. The molecule has 3 N–H and O–H groups in total. The van der Waals surface area contributed by atoms with Crippen molar-refractivity contribution in [3.05, 3.63) is 30.1 Å². The summed E-state index contributed by atoms with van der Waals surface area (Å²) in [5.41, 5.74) is 5.80. The van der Waals surface area contributed by atoms with E-state index in [1.807, 2.05) is 6.92 Å². The molecule has 0 spiro atoms. The second-order valence-electron chi connectivity index (χ2n) is 5.29. The SMILES string of the molecule is CC(CN=C(N)NCC1CCC1)Oc1ccc(F)cc1.I. The predicted molar refractivity (Wildman–Crippen MR) is 93.7 cm³/mol. The van der Waals surface area contributed by atoms with Gasteiger partial charge in [-0.25, -0.2) is 9.38 Å². The average molecular weight is 407 g/mol. The van der Waals surface area contributed by atoms with Gasteiger partial charge in [0, 0.05) is 6.54 Å². The lowest BCUT2D eigenvalue weighted by atomic mass is 9.85. The summed E-state index contributed by atoms with van der Waals surface area (Å²) in [4.78, 5) is 4.25. The van der Waals surface area contributed by atoms with Gasteiger partial charge in [-0.15, -0.1) is 24.0 Å². The number of rotatable bonds is 6. The number of ether oxygens (including phenoxy) is 1. The minimum Gasteiger partial charge on any atom is -0.489 e. The Bertz CT molecular complexity index is 449. The molecule has 1 aromatic rings. The fourth-order valence-electron chi connectivity index (χ4n) is 2.01. The van der Waals surface area contributed by atoms with Crippen LogP contribution in [0.5, 0.6) is 5.75 Å². The highest BCUT2D eigenvalue weighted by Gasteiger charge is 2.16. The number of nitrogens with two attached hydrogens (primary N) is 1. The standard InChI is InChI=1S/C15H22FN3O.HI/c1-11(20-14-7-5-13(16)6-8-14)9-18-15(17)19-10-12-3-2-4-12;/h5-8,11-12H,2-4,9-10H2,1H3,(H3,17,18,19);1H. The van der Waals surface area contributed by atoms with Crippen LogP contribution in [0.4, 0.5) is 4.39 Å². The molecule has 0 amide bonds. The number of aliphatic imine (C=N–C) groups is 1. The molecule has 0 heterocycles. The number of benzene rings is 1. The van der Waals surface area contributed by atoms with Crippen molar-refractivity contribution in [1.29, 1.82) is 0 Å². The van der Waals surface area contributed by atoms with Crippen LogP contribution in [0.1, 0.15) is 26.2 Å². The summed E-state index contributed by atoms with van der Waals surface area (Å²) in [5.74, 6) is 1.57. The third kappa shape index (κ3) is 6.50. The van der Waals surface area contributed by atoms with E-state index < -0.39 is 0 Å².